The predicted octanol–water partition coefficient (Wildman–Crippen LogP) is 4.57. The molecule has 0 radical (unpaired) electrons. The molecule has 0 saturated carbocycles. The van der Waals surface area contributed by atoms with E-state index in [9.17, 15) is 14.7 Å². The van der Waals surface area contributed by atoms with Gasteiger partial charge in [0.15, 0.2) is 0 Å². The van der Waals surface area contributed by atoms with Crippen LogP contribution in [0, 0.1) is 25.2 Å². The minimum absolute atomic E-state index is 0.00866. The number of hydrogen-bond acceptors (Lipinski definition) is 6. The number of aromatic nitrogens is 2. The summed E-state index contributed by atoms with van der Waals surface area (Å²) >= 11 is 0. The number of fused-ring (bicyclic) bond motifs is 2. The number of rotatable bonds is 5. The average Bonchev–Trinajstić information content (AvgIpc) is 3.30. The van der Waals surface area contributed by atoms with Gasteiger partial charge in [0.05, 0.1) is 28.8 Å². The van der Waals surface area contributed by atoms with Crippen molar-refractivity contribution >= 4 is 23.1 Å². The standard InChI is InChI=1S/C28H25N5O3/c1-16-10-22(18(3)30-24-9-8-19(12-29)11-23(24)28(35)36)26-31-25(17(2)27(34)33(26)13-16)32-14-20-6-4-5-7-21(20)15-32/h4-11,13,18,30H,14-15H2,1-3H3,(H,35,36)/t18-/m1/s1. The quantitative estimate of drug-likeness (QED) is 0.431. The van der Waals surface area contributed by atoms with Crippen LogP contribution < -0.4 is 15.8 Å². The Kier molecular flexibility index (Phi) is 5.69. The lowest BCUT2D eigenvalue weighted by Crippen LogP contribution is -2.27. The van der Waals surface area contributed by atoms with Gasteiger partial charge in [0.2, 0.25) is 0 Å². The molecule has 2 aromatic heterocycles. The summed E-state index contributed by atoms with van der Waals surface area (Å²) in [5.74, 6) is -0.477. The van der Waals surface area contributed by atoms with Crippen LogP contribution in [0.2, 0.25) is 0 Å². The van der Waals surface area contributed by atoms with Gasteiger partial charge in [0.1, 0.15) is 11.5 Å². The van der Waals surface area contributed by atoms with E-state index in [-0.39, 0.29) is 22.7 Å². The molecular weight excluding hydrogens is 454 g/mol. The number of aryl methyl sites for hydroxylation is 1. The second-order valence-electron chi connectivity index (χ2n) is 9.20. The highest BCUT2D eigenvalue weighted by Crippen LogP contribution is 2.31. The smallest absolute Gasteiger partial charge is 0.337 e. The van der Waals surface area contributed by atoms with Crippen LogP contribution in [-0.4, -0.2) is 20.5 Å². The lowest BCUT2D eigenvalue weighted by Gasteiger charge is -2.23. The van der Waals surface area contributed by atoms with Gasteiger partial charge in [0, 0.05) is 30.5 Å². The summed E-state index contributed by atoms with van der Waals surface area (Å²) < 4.78 is 1.57. The van der Waals surface area contributed by atoms with Crippen LogP contribution in [0.4, 0.5) is 11.5 Å². The zero-order chi connectivity index (χ0) is 25.6. The fraction of sp³-hybridized carbons (Fsp3) is 0.214. The molecule has 1 atom stereocenters. The first-order chi connectivity index (χ1) is 17.3. The lowest BCUT2D eigenvalue weighted by molar-refractivity contribution is 0.0698. The number of nitriles is 1. The molecule has 0 amide bonds. The molecule has 0 aliphatic carbocycles. The van der Waals surface area contributed by atoms with Crippen molar-refractivity contribution in [2.45, 2.75) is 39.9 Å². The third-order valence-electron chi connectivity index (χ3n) is 6.65. The van der Waals surface area contributed by atoms with E-state index in [1.54, 1.807) is 29.7 Å². The van der Waals surface area contributed by atoms with E-state index in [0.717, 1.165) is 11.1 Å². The monoisotopic (exact) mass is 479 g/mol. The van der Waals surface area contributed by atoms with Gasteiger partial charge in [-0.15, -0.1) is 0 Å². The summed E-state index contributed by atoms with van der Waals surface area (Å²) in [5, 5.41) is 22.1. The van der Waals surface area contributed by atoms with Crippen molar-refractivity contribution in [3.05, 3.63) is 104 Å². The van der Waals surface area contributed by atoms with Crippen LogP contribution in [0.25, 0.3) is 5.65 Å². The lowest BCUT2D eigenvalue weighted by atomic mass is 10.0. The van der Waals surface area contributed by atoms with E-state index >= 15 is 0 Å². The van der Waals surface area contributed by atoms with E-state index in [0.29, 0.717) is 35.8 Å². The van der Waals surface area contributed by atoms with Gasteiger partial charge in [-0.25, -0.2) is 9.78 Å². The molecule has 36 heavy (non-hydrogen) atoms. The number of carboxylic acid groups (broad SMARTS) is 1. The van der Waals surface area contributed by atoms with Crippen LogP contribution in [-0.2, 0) is 13.1 Å². The van der Waals surface area contributed by atoms with Gasteiger partial charge in [-0.1, -0.05) is 24.3 Å². The van der Waals surface area contributed by atoms with Gasteiger partial charge in [-0.3, -0.25) is 9.20 Å². The zero-order valence-corrected chi connectivity index (χ0v) is 20.2. The number of anilines is 2. The second kappa shape index (κ2) is 8.86. The highest BCUT2D eigenvalue weighted by atomic mass is 16.4. The molecule has 2 aromatic carbocycles. The Morgan fingerprint density at radius 3 is 2.47 bits per heavy atom. The first kappa shape index (κ1) is 23.1. The van der Waals surface area contributed by atoms with Crippen molar-refractivity contribution in [2.24, 2.45) is 0 Å². The number of carboxylic acids is 1. The molecule has 1 aliphatic heterocycles. The largest absolute Gasteiger partial charge is 0.478 e. The van der Waals surface area contributed by atoms with Gasteiger partial charge >= 0.3 is 5.97 Å². The fourth-order valence-corrected chi connectivity index (χ4v) is 4.82. The molecule has 8 nitrogen and oxygen atoms in total. The average molecular weight is 480 g/mol. The molecule has 0 saturated heterocycles. The number of pyridine rings is 1. The molecule has 0 unspecified atom stereocenters. The minimum Gasteiger partial charge on any atom is -0.478 e. The first-order valence-corrected chi connectivity index (χ1v) is 11.7. The maximum atomic E-state index is 13.4. The molecule has 1 aliphatic rings. The Morgan fingerprint density at radius 2 is 1.83 bits per heavy atom. The third kappa shape index (κ3) is 3.95. The van der Waals surface area contributed by atoms with Crippen LogP contribution in [0.15, 0.2) is 59.5 Å². The molecule has 0 spiro atoms. The highest BCUT2D eigenvalue weighted by molar-refractivity contribution is 5.94. The molecule has 180 valence electrons. The maximum Gasteiger partial charge on any atom is 0.337 e. The number of nitrogens with zero attached hydrogens (tertiary/aromatic N) is 4. The normalized spacial score (nSPS) is 13.3. The summed E-state index contributed by atoms with van der Waals surface area (Å²) in [6.45, 7) is 6.98. The molecule has 2 N–H and O–H groups in total. The summed E-state index contributed by atoms with van der Waals surface area (Å²) in [7, 11) is 0. The van der Waals surface area contributed by atoms with Crippen LogP contribution in [0.1, 0.15) is 56.7 Å². The molecular formula is C28H25N5O3. The van der Waals surface area contributed by atoms with Gasteiger partial charge < -0.3 is 15.3 Å². The SMILES string of the molecule is Cc1cc([C@@H](C)Nc2ccc(C#N)cc2C(=O)O)c2nc(N3Cc4ccccc4C3)c(C)c(=O)n2c1. The van der Waals surface area contributed by atoms with Crippen LogP contribution >= 0.6 is 0 Å². The number of benzene rings is 2. The second-order valence-corrected chi connectivity index (χ2v) is 9.20. The van der Waals surface area contributed by atoms with E-state index in [2.05, 4.69) is 22.3 Å². The molecule has 3 heterocycles. The van der Waals surface area contributed by atoms with Crippen LogP contribution in [0.3, 0.4) is 0 Å². The Hall–Kier alpha value is -4.64. The minimum atomic E-state index is -1.13. The Bertz CT molecular complexity index is 1610. The summed E-state index contributed by atoms with van der Waals surface area (Å²) in [5.41, 5.74) is 5.73. The Balaban J connectivity index is 1.60. The van der Waals surface area contributed by atoms with Gasteiger partial charge in [-0.05, 0) is 61.7 Å². The fourth-order valence-electron chi connectivity index (χ4n) is 4.82. The number of aromatic carboxylic acids is 1. The van der Waals surface area contributed by atoms with E-state index in [1.165, 1.54) is 17.2 Å². The molecule has 5 rings (SSSR count). The van der Waals surface area contributed by atoms with Crippen LogP contribution in [0.5, 0.6) is 0 Å². The number of nitrogens with one attached hydrogen (secondary N) is 1. The zero-order valence-electron chi connectivity index (χ0n) is 20.2. The van der Waals surface area contributed by atoms with E-state index < -0.39 is 5.97 Å². The molecule has 8 heteroatoms. The first-order valence-electron chi connectivity index (χ1n) is 11.7. The topological polar surface area (TPSA) is 111 Å². The predicted molar refractivity (Wildman–Crippen MR) is 137 cm³/mol. The van der Waals surface area contributed by atoms with E-state index in [1.807, 2.05) is 38.1 Å². The molecule has 0 fully saturated rings. The van der Waals surface area contributed by atoms with E-state index in [4.69, 9.17) is 10.2 Å². The summed E-state index contributed by atoms with van der Waals surface area (Å²) in [6.07, 6.45) is 1.78. The Labute approximate surface area is 208 Å². The maximum absolute atomic E-state index is 13.4. The summed E-state index contributed by atoms with van der Waals surface area (Å²) in [6, 6.07) is 16.3. The van der Waals surface area contributed by atoms with Crippen molar-refractivity contribution in [1.82, 2.24) is 9.38 Å². The Morgan fingerprint density at radius 1 is 1.14 bits per heavy atom. The summed E-state index contributed by atoms with van der Waals surface area (Å²) in [4.78, 5) is 32.4. The number of carbonyl (C=O) groups is 1. The van der Waals surface area contributed by atoms with Gasteiger partial charge in [0.25, 0.3) is 5.56 Å². The van der Waals surface area contributed by atoms with Crippen molar-refractivity contribution < 1.29 is 9.90 Å². The van der Waals surface area contributed by atoms with Crippen molar-refractivity contribution in [3.63, 3.8) is 0 Å². The van der Waals surface area contributed by atoms with Gasteiger partial charge in [-0.2, -0.15) is 5.26 Å². The van der Waals surface area contributed by atoms with Crippen molar-refractivity contribution in [1.29, 1.82) is 5.26 Å². The third-order valence-corrected chi connectivity index (χ3v) is 6.65. The van der Waals surface area contributed by atoms with Crippen molar-refractivity contribution in [2.75, 3.05) is 10.2 Å². The number of hydrogen-bond donors (Lipinski definition) is 2. The molecule has 4 aromatic rings. The highest BCUT2D eigenvalue weighted by Gasteiger charge is 2.25. The molecule has 0 bridgehead atoms. The van der Waals surface area contributed by atoms with Crippen molar-refractivity contribution in [3.8, 4) is 6.07 Å².